The maximum atomic E-state index is 12.6. The van der Waals surface area contributed by atoms with Crippen LogP contribution in [0.1, 0.15) is 41.3 Å². The first kappa shape index (κ1) is 15.8. The zero-order chi connectivity index (χ0) is 17.4. The minimum atomic E-state index is -0.0713. The minimum Gasteiger partial charge on any atom is -0.489 e. The fraction of sp³-hybridized carbons (Fsp3) is 0.286. The highest BCUT2D eigenvalue weighted by Crippen LogP contribution is 2.40. The van der Waals surface area contributed by atoms with Gasteiger partial charge in [-0.3, -0.25) is 4.79 Å². The zero-order valence-electron chi connectivity index (χ0n) is 14.5. The number of aromatic amines is 1. The largest absolute Gasteiger partial charge is 0.489 e. The van der Waals surface area contributed by atoms with E-state index in [0.29, 0.717) is 18.0 Å². The summed E-state index contributed by atoms with van der Waals surface area (Å²) in [6, 6.07) is 14.0. The highest BCUT2D eigenvalue weighted by Gasteiger charge is 2.30. The highest BCUT2D eigenvalue weighted by atomic mass is 16.5. The van der Waals surface area contributed by atoms with Gasteiger partial charge in [0, 0.05) is 35.1 Å². The lowest BCUT2D eigenvalue weighted by atomic mass is 9.97. The quantitative estimate of drug-likeness (QED) is 0.757. The van der Waals surface area contributed by atoms with Gasteiger partial charge in [-0.1, -0.05) is 37.3 Å². The minimum absolute atomic E-state index is 0.0713. The number of nitrogens with one attached hydrogen (secondary N) is 2. The van der Waals surface area contributed by atoms with Crippen molar-refractivity contribution in [2.24, 2.45) is 0 Å². The highest BCUT2D eigenvalue weighted by molar-refractivity contribution is 5.97. The van der Waals surface area contributed by atoms with Gasteiger partial charge in [0.15, 0.2) is 0 Å². The summed E-state index contributed by atoms with van der Waals surface area (Å²) in [5.41, 5.74) is 4.10. The first-order valence-electron chi connectivity index (χ1n) is 8.78. The van der Waals surface area contributed by atoms with Crippen LogP contribution < -0.4 is 10.1 Å². The van der Waals surface area contributed by atoms with Crippen LogP contribution in [0.2, 0.25) is 0 Å². The van der Waals surface area contributed by atoms with Crippen molar-refractivity contribution in [2.75, 3.05) is 6.54 Å². The molecule has 0 bridgehead atoms. The molecule has 0 radical (unpaired) electrons. The van der Waals surface area contributed by atoms with Gasteiger partial charge in [0.25, 0.3) is 5.91 Å². The van der Waals surface area contributed by atoms with Crippen LogP contribution in [0, 0.1) is 0 Å². The third-order valence-corrected chi connectivity index (χ3v) is 5.14. The van der Waals surface area contributed by atoms with Gasteiger partial charge in [-0.05, 0) is 31.0 Å². The van der Waals surface area contributed by atoms with Crippen molar-refractivity contribution in [3.63, 3.8) is 0 Å². The van der Waals surface area contributed by atoms with E-state index in [1.165, 1.54) is 10.9 Å². The van der Waals surface area contributed by atoms with E-state index in [-0.39, 0.29) is 12.0 Å². The maximum absolute atomic E-state index is 12.6. The fourth-order valence-electron chi connectivity index (χ4n) is 3.51. The number of amides is 1. The molecule has 4 nitrogen and oxygen atoms in total. The van der Waals surface area contributed by atoms with Crippen LogP contribution in [0.15, 0.2) is 48.7 Å². The number of carbonyl (C=O) groups excluding carboxylic acids is 1. The molecule has 3 aromatic rings. The topological polar surface area (TPSA) is 54.1 Å². The number of para-hydroxylation sites is 2. The predicted octanol–water partition coefficient (Wildman–Crippen LogP) is 4.02. The number of H-pyrrole nitrogens is 1. The molecule has 25 heavy (non-hydrogen) atoms. The molecule has 0 spiro atoms. The molecule has 1 aromatic heterocycles. The molecule has 1 aliphatic heterocycles. The van der Waals surface area contributed by atoms with Crippen molar-refractivity contribution in [1.29, 1.82) is 0 Å². The monoisotopic (exact) mass is 334 g/mol. The molecule has 0 saturated heterocycles. The first-order valence-corrected chi connectivity index (χ1v) is 8.78. The van der Waals surface area contributed by atoms with Gasteiger partial charge < -0.3 is 15.0 Å². The Bertz CT molecular complexity index is 929. The average molecular weight is 334 g/mol. The smallest absolute Gasteiger partial charge is 0.255 e. The lowest BCUT2D eigenvalue weighted by Gasteiger charge is -2.10. The van der Waals surface area contributed by atoms with Crippen molar-refractivity contribution in [3.05, 3.63) is 65.4 Å². The van der Waals surface area contributed by atoms with Gasteiger partial charge in [0.05, 0.1) is 5.56 Å². The molecule has 4 rings (SSSR count). The summed E-state index contributed by atoms with van der Waals surface area (Å²) in [5, 5.41) is 4.24. The number of ether oxygens (including phenoxy) is 1. The fourth-order valence-corrected chi connectivity index (χ4v) is 3.51. The standard InChI is InChI=1S/C21H22N2O2/c1-13-14(2)25-20-16(13)7-5-8-18(20)21(24)22-11-10-15-12-23-19-9-4-3-6-17(15)19/h3-9,12-14,23H,10-11H2,1-2H3,(H,22,24)/t13-,14+/m0/s1. The molecule has 0 unspecified atom stereocenters. The molecule has 2 heterocycles. The van der Waals surface area contributed by atoms with Crippen molar-refractivity contribution in [1.82, 2.24) is 10.3 Å². The third-order valence-electron chi connectivity index (χ3n) is 5.14. The van der Waals surface area contributed by atoms with E-state index in [1.54, 1.807) is 0 Å². The second-order valence-corrected chi connectivity index (χ2v) is 6.70. The summed E-state index contributed by atoms with van der Waals surface area (Å²) in [7, 11) is 0. The van der Waals surface area contributed by atoms with E-state index >= 15 is 0 Å². The van der Waals surface area contributed by atoms with Crippen molar-refractivity contribution < 1.29 is 9.53 Å². The predicted molar refractivity (Wildman–Crippen MR) is 99.3 cm³/mol. The zero-order valence-corrected chi connectivity index (χ0v) is 14.5. The van der Waals surface area contributed by atoms with E-state index < -0.39 is 0 Å². The molecule has 1 amide bonds. The Morgan fingerprint density at radius 1 is 1.16 bits per heavy atom. The lowest BCUT2D eigenvalue weighted by Crippen LogP contribution is -2.26. The second-order valence-electron chi connectivity index (χ2n) is 6.70. The Morgan fingerprint density at radius 2 is 2.00 bits per heavy atom. The Hall–Kier alpha value is -2.75. The molecule has 0 aliphatic carbocycles. The third kappa shape index (κ3) is 2.78. The molecule has 128 valence electrons. The van der Waals surface area contributed by atoms with Gasteiger partial charge in [-0.2, -0.15) is 0 Å². The van der Waals surface area contributed by atoms with Gasteiger partial charge >= 0.3 is 0 Å². The van der Waals surface area contributed by atoms with Crippen LogP contribution in [0.3, 0.4) is 0 Å². The number of aromatic nitrogens is 1. The van der Waals surface area contributed by atoms with Crippen molar-refractivity contribution >= 4 is 16.8 Å². The lowest BCUT2D eigenvalue weighted by molar-refractivity contribution is 0.0949. The Labute approximate surface area is 147 Å². The van der Waals surface area contributed by atoms with E-state index in [4.69, 9.17) is 4.74 Å². The van der Waals surface area contributed by atoms with Crippen LogP contribution in [-0.4, -0.2) is 23.5 Å². The normalized spacial score (nSPS) is 18.8. The average Bonchev–Trinajstić information content (AvgIpc) is 3.16. The number of fused-ring (bicyclic) bond motifs is 2. The van der Waals surface area contributed by atoms with E-state index in [1.807, 2.05) is 43.5 Å². The van der Waals surface area contributed by atoms with Crippen LogP contribution in [0.25, 0.3) is 10.9 Å². The number of hydrogen-bond donors (Lipinski definition) is 2. The molecule has 0 saturated carbocycles. The van der Waals surface area contributed by atoms with Gasteiger partial charge in [0.2, 0.25) is 0 Å². The molecular formula is C21H22N2O2. The molecular weight excluding hydrogens is 312 g/mol. The first-order chi connectivity index (χ1) is 12.1. The molecule has 2 atom stereocenters. The number of rotatable bonds is 4. The number of hydrogen-bond acceptors (Lipinski definition) is 2. The van der Waals surface area contributed by atoms with Gasteiger partial charge in [-0.15, -0.1) is 0 Å². The summed E-state index contributed by atoms with van der Waals surface area (Å²) in [6.45, 7) is 4.77. The number of carbonyl (C=O) groups is 1. The van der Waals surface area contributed by atoms with Gasteiger partial charge in [-0.25, -0.2) is 0 Å². The summed E-state index contributed by atoms with van der Waals surface area (Å²) in [5.74, 6) is 0.985. The molecule has 4 heteroatoms. The summed E-state index contributed by atoms with van der Waals surface area (Å²) >= 11 is 0. The molecule has 0 fully saturated rings. The second kappa shape index (κ2) is 6.28. The SMILES string of the molecule is C[C@@H]1c2cccc(C(=O)NCCc3c[nH]c4ccccc34)c2O[C@@H]1C. The van der Waals surface area contributed by atoms with Crippen LogP contribution in [0.5, 0.6) is 5.75 Å². The molecule has 2 N–H and O–H groups in total. The van der Waals surface area contributed by atoms with Gasteiger partial charge in [0.1, 0.15) is 11.9 Å². The Balaban J connectivity index is 1.45. The summed E-state index contributed by atoms with van der Waals surface area (Å²) in [6.07, 6.45) is 2.91. The van der Waals surface area contributed by atoms with Crippen molar-refractivity contribution in [3.8, 4) is 5.75 Å². The molecule has 1 aliphatic rings. The van der Waals surface area contributed by atoms with Crippen LogP contribution >= 0.6 is 0 Å². The van der Waals surface area contributed by atoms with Crippen LogP contribution in [-0.2, 0) is 6.42 Å². The number of benzene rings is 2. The summed E-state index contributed by atoms with van der Waals surface area (Å²) < 4.78 is 5.92. The van der Waals surface area contributed by atoms with E-state index in [2.05, 4.69) is 29.4 Å². The van der Waals surface area contributed by atoms with E-state index in [9.17, 15) is 4.79 Å². The Kier molecular flexibility index (Phi) is 3.96. The Morgan fingerprint density at radius 3 is 2.88 bits per heavy atom. The van der Waals surface area contributed by atoms with Crippen LogP contribution in [0.4, 0.5) is 0 Å². The molecule has 2 aromatic carbocycles. The van der Waals surface area contributed by atoms with E-state index in [0.717, 1.165) is 23.3 Å². The van der Waals surface area contributed by atoms with Crippen molar-refractivity contribution in [2.45, 2.75) is 32.3 Å². The summed E-state index contributed by atoms with van der Waals surface area (Å²) in [4.78, 5) is 15.9. The maximum Gasteiger partial charge on any atom is 0.255 e.